The van der Waals surface area contributed by atoms with E-state index >= 15 is 0 Å². The lowest BCUT2D eigenvalue weighted by molar-refractivity contribution is -0.127. The molecule has 0 spiro atoms. The Hall–Kier alpha value is -3.45. The van der Waals surface area contributed by atoms with Crippen molar-refractivity contribution in [1.29, 1.82) is 0 Å². The van der Waals surface area contributed by atoms with E-state index in [-0.39, 0.29) is 30.2 Å². The number of carbonyl (C=O) groups excluding carboxylic acids is 2. The zero-order chi connectivity index (χ0) is 23.9. The molecule has 1 fully saturated rings. The number of amides is 2. The molecule has 1 aromatic heterocycles. The number of hydrogen-bond donors (Lipinski definition) is 4. The van der Waals surface area contributed by atoms with Gasteiger partial charge in [0.15, 0.2) is 0 Å². The molecule has 2 aromatic carbocycles. The minimum Gasteiger partial charge on any atom is -0.369 e. The SMILES string of the molecule is NCC1CCC(C(=O)N[C@@H](Cc2ccccc2)c2nc(-c3cccc(CC(N)=O)c3)c[nH]2)CC1. The fourth-order valence-electron chi connectivity index (χ4n) is 4.72. The Morgan fingerprint density at radius 3 is 2.47 bits per heavy atom. The van der Waals surface area contributed by atoms with Gasteiger partial charge in [0.2, 0.25) is 11.8 Å². The summed E-state index contributed by atoms with van der Waals surface area (Å²) < 4.78 is 0. The number of H-pyrrole nitrogens is 1. The fourth-order valence-corrected chi connectivity index (χ4v) is 4.72. The van der Waals surface area contributed by atoms with Gasteiger partial charge in [0.05, 0.1) is 18.2 Å². The van der Waals surface area contributed by atoms with Crippen molar-refractivity contribution < 1.29 is 9.59 Å². The molecule has 1 aliphatic carbocycles. The van der Waals surface area contributed by atoms with Gasteiger partial charge in [-0.05, 0) is 61.8 Å². The van der Waals surface area contributed by atoms with Crippen LogP contribution in [0.3, 0.4) is 0 Å². The van der Waals surface area contributed by atoms with E-state index in [0.717, 1.165) is 48.1 Å². The number of nitrogens with one attached hydrogen (secondary N) is 2. The van der Waals surface area contributed by atoms with Gasteiger partial charge in [0.1, 0.15) is 5.82 Å². The van der Waals surface area contributed by atoms with E-state index in [4.69, 9.17) is 16.5 Å². The maximum atomic E-state index is 13.2. The second-order valence-corrected chi connectivity index (χ2v) is 9.22. The number of aromatic amines is 1. The summed E-state index contributed by atoms with van der Waals surface area (Å²) >= 11 is 0. The standard InChI is InChI=1S/C27H33N5O2/c28-16-19-9-11-21(12-10-19)27(34)32-23(14-18-5-2-1-3-6-18)26-30-17-24(31-26)22-8-4-7-20(13-22)15-25(29)33/h1-8,13,17,19,21,23H,9-12,14-16,28H2,(H2,29,33)(H,30,31)(H,32,34)/t19?,21?,23-/m0/s1. The predicted octanol–water partition coefficient (Wildman–Crippen LogP) is 3.27. The molecule has 6 N–H and O–H groups in total. The maximum Gasteiger partial charge on any atom is 0.223 e. The molecule has 1 aliphatic rings. The van der Waals surface area contributed by atoms with Gasteiger partial charge in [-0.1, -0.05) is 48.5 Å². The van der Waals surface area contributed by atoms with Crippen LogP contribution in [0, 0.1) is 11.8 Å². The highest BCUT2D eigenvalue weighted by Crippen LogP contribution is 2.29. The number of benzene rings is 2. The van der Waals surface area contributed by atoms with E-state index in [0.29, 0.717) is 24.7 Å². The van der Waals surface area contributed by atoms with Crippen LogP contribution in [0.15, 0.2) is 60.8 Å². The molecule has 7 nitrogen and oxygen atoms in total. The van der Waals surface area contributed by atoms with E-state index < -0.39 is 0 Å². The first-order valence-corrected chi connectivity index (χ1v) is 12.0. The van der Waals surface area contributed by atoms with Crippen molar-refractivity contribution >= 4 is 11.8 Å². The summed E-state index contributed by atoms with van der Waals surface area (Å²) in [4.78, 5) is 32.6. The van der Waals surface area contributed by atoms with Crippen molar-refractivity contribution in [3.05, 3.63) is 77.7 Å². The molecule has 1 heterocycles. The number of imidazole rings is 1. The first-order chi connectivity index (χ1) is 16.5. The molecule has 2 amide bonds. The molecular formula is C27H33N5O2. The van der Waals surface area contributed by atoms with Gasteiger partial charge >= 0.3 is 0 Å². The Labute approximate surface area is 200 Å². The second kappa shape index (κ2) is 11.1. The predicted molar refractivity (Wildman–Crippen MR) is 132 cm³/mol. The quantitative estimate of drug-likeness (QED) is 0.392. The number of primary amides is 1. The van der Waals surface area contributed by atoms with Crippen LogP contribution >= 0.6 is 0 Å². The number of nitrogens with two attached hydrogens (primary N) is 2. The lowest BCUT2D eigenvalue weighted by Gasteiger charge is -2.28. The minimum absolute atomic E-state index is 0.0148. The van der Waals surface area contributed by atoms with Gasteiger partial charge in [0.25, 0.3) is 0 Å². The van der Waals surface area contributed by atoms with Crippen molar-refractivity contribution in [3.63, 3.8) is 0 Å². The molecule has 1 atom stereocenters. The second-order valence-electron chi connectivity index (χ2n) is 9.22. The lowest BCUT2D eigenvalue weighted by atomic mass is 9.81. The zero-order valence-corrected chi connectivity index (χ0v) is 19.4. The molecular weight excluding hydrogens is 426 g/mol. The summed E-state index contributed by atoms with van der Waals surface area (Å²) in [5.74, 6) is 0.968. The van der Waals surface area contributed by atoms with Gasteiger partial charge < -0.3 is 21.8 Å². The Kier molecular flexibility index (Phi) is 7.75. The summed E-state index contributed by atoms with van der Waals surface area (Å²) in [6, 6.07) is 17.5. The molecule has 0 saturated heterocycles. The average molecular weight is 460 g/mol. The van der Waals surface area contributed by atoms with E-state index in [1.54, 1.807) is 0 Å². The normalized spacial score (nSPS) is 18.9. The van der Waals surface area contributed by atoms with E-state index in [1.165, 1.54) is 0 Å². The smallest absolute Gasteiger partial charge is 0.223 e. The highest BCUT2D eigenvalue weighted by Gasteiger charge is 2.28. The van der Waals surface area contributed by atoms with Crippen molar-refractivity contribution in [3.8, 4) is 11.3 Å². The van der Waals surface area contributed by atoms with Crippen molar-refractivity contribution in [2.75, 3.05) is 6.54 Å². The molecule has 3 aromatic rings. The Morgan fingerprint density at radius 2 is 1.76 bits per heavy atom. The van der Waals surface area contributed by atoms with Crippen molar-refractivity contribution in [2.45, 2.75) is 44.6 Å². The van der Waals surface area contributed by atoms with Crippen LogP contribution < -0.4 is 16.8 Å². The van der Waals surface area contributed by atoms with Crippen LogP contribution in [0.4, 0.5) is 0 Å². The monoisotopic (exact) mass is 459 g/mol. The molecule has 7 heteroatoms. The van der Waals surface area contributed by atoms with Gasteiger partial charge in [0, 0.05) is 17.7 Å². The number of aromatic nitrogens is 2. The van der Waals surface area contributed by atoms with Gasteiger partial charge in [-0.2, -0.15) is 0 Å². The average Bonchev–Trinajstić information content (AvgIpc) is 3.34. The summed E-state index contributed by atoms with van der Waals surface area (Å²) in [6.45, 7) is 0.695. The molecule has 1 saturated carbocycles. The summed E-state index contributed by atoms with van der Waals surface area (Å²) in [5, 5.41) is 3.26. The van der Waals surface area contributed by atoms with Gasteiger partial charge in [-0.25, -0.2) is 4.98 Å². The highest BCUT2D eigenvalue weighted by molar-refractivity contribution is 5.79. The van der Waals surface area contributed by atoms with Crippen LogP contribution in [0.1, 0.15) is 48.7 Å². The number of carbonyl (C=O) groups is 2. The third-order valence-electron chi connectivity index (χ3n) is 6.68. The summed E-state index contributed by atoms with van der Waals surface area (Å²) in [6.07, 6.45) is 6.43. The minimum atomic E-state index is -0.369. The van der Waals surface area contributed by atoms with Gasteiger partial charge in [-0.15, -0.1) is 0 Å². The van der Waals surface area contributed by atoms with Crippen molar-refractivity contribution in [1.82, 2.24) is 15.3 Å². The lowest BCUT2D eigenvalue weighted by Crippen LogP contribution is -2.37. The highest BCUT2D eigenvalue weighted by atomic mass is 16.2. The molecule has 4 rings (SSSR count). The van der Waals surface area contributed by atoms with E-state index in [2.05, 4.69) is 22.4 Å². The van der Waals surface area contributed by atoms with Crippen LogP contribution in [0.25, 0.3) is 11.3 Å². The molecule has 34 heavy (non-hydrogen) atoms. The zero-order valence-electron chi connectivity index (χ0n) is 19.4. The Bertz CT molecular complexity index is 1100. The molecule has 0 aliphatic heterocycles. The Balaban J connectivity index is 1.53. The van der Waals surface area contributed by atoms with Crippen LogP contribution in [0.5, 0.6) is 0 Å². The molecule has 178 valence electrons. The largest absolute Gasteiger partial charge is 0.369 e. The third kappa shape index (κ3) is 6.11. The first kappa shape index (κ1) is 23.7. The number of nitrogens with zero attached hydrogens (tertiary/aromatic N) is 1. The third-order valence-corrected chi connectivity index (χ3v) is 6.68. The molecule has 0 bridgehead atoms. The van der Waals surface area contributed by atoms with Crippen molar-refractivity contribution in [2.24, 2.45) is 23.3 Å². The topological polar surface area (TPSA) is 127 Å². The van der Waals surface area contributed by atoms with Gasteiger partial charge in [-0.3, -0.25) is 9.59 Å². The van der Waals surface area contributed by atoms with E-state index in [9.17, 15) is 9.59 Å². The number of hydrogen-bond acceptors (Lipinski definition) is 4. The summed E-state index contributed by atoms with van der Waals surface area (Å²) in [7, 11) is 0. The van der Waals surface area contributed by atoms with Crippen LogP contribution in [-0.4, -0.2) is 28.3 Å². The van der Waals surface area contributed by atoms with Crippen LogP contribution in [0.2, 0.25) is 0 Å². The number of rotatable bonds is 9. The fraction of sp³-hybridized carbons (Fsp3) is 0.370. The molecule has 0 unspecified atom stereocenters. The van der Waals surface area contributed by atoms with Crippen LogP contribution in [-0.2, 0) is 22.4 Å². The maximum absolute atomic E-state index is 13.2. The summed E-state index contributed by atoms with van der Waals surface area (Å²) in [5.41, 5.74) is 14.8. The molecule has 0 radical (unpaired) electrons. The Morgan fingerprint density at radius 1 is 1.03 bits per heavy atom. The first-order valence-electron chi connectivity index (χ1n) is 12.0. The van der Waals surface area contributed by atoms with E-state index in [1.807, 2.05) is 48.7 Å².